The molecule has 0 aliphatic heterocycles. The smallest absolute Gasteiger partial charge is 0.215 e. The van der Waals surface area contributed by atoms with Crippen molar-refractivity contribution in [3.63, 3.8) is 0 Å². The van der Waals surface area contributed by atoms with Crippen molar-refractivity contribution in [3.05, 3.63) is 0 Å². The minimum atomic E-state index is -1.40. The molecule has 0 aromatic rings. The van der Waals surface area contributed by atoms with Crippen LogP contribution in [0.3, 0.4) is 0 Å². The first-order valence-electron chi connectivity index (χ1n) is 8.49. The molecule has 0 aromatic heterocycles. The molecule has 0 spiro atoms. The van der Waals surface area contributed by atoms with Crippen LogP contribution in [-0.2, 0) is 18.9 Å². The van der Waals surface area contributed by atoms with Crippen molar-refractivity contribution >= 4 is 0 Å². The van der Waals surface area contributed by atoms with Gasteiger partial charge < -0.3 is 49.6 Å². The van der Waals surface area contributed by atoms with Crippen LogP contribution >= 0.6 is 0 Å². The van der Waals surface area contributed by atoms with Crippen molar-refractivity contribution in [2.24, 2.45) is 0 Å². The first kappa shape index (κ1) is 48.1. The van der Waals surface area contributed by atoms with Gasteiger partial charge in [-0.1, -0.05) is 44.1 Å². The highest BCUT2D eigenvalue weighted by atomic mass is 16.7. The Morgan fingerprint density at radius 3 is 1.32 bits per heavy atom. The van der Waals surface area contributed by atoms with Gasteiger partial charge in [0.2, 0.25) is 5.79 Å². The summed E-state index contributed by atoms with van der Waals surface area (Å²) in [6.07, 6.45) is -0.565. The summed E-state index contributed by atoms with van der Waals surface area (Å²) in [5, 5.41) is 53.1. The molecule has 31 heavy (non-hydrogen) atoms. The summed E-state index contributed by atoms with van der Waals surface area (Å²) in [5.41, 5.74) is 0. The van der Waals surface area contributed by atoms with Gasteiger partial charge in [0.15, 0.2) is 5.79 Å². The first-order chi connectivity index (χ1) is 12.3. The molecular formula is C21H56O10. The lowest BCUT2D eigenvalue weighted by molar-refractivity contribution is -0.282. The molecule has 0 aliphatic rings. The van der Waals surface area contributed by atoms with Crippen LogP contribution in [0.2, 0.25) is 0 Å². The summed E-state index contributed by atoms with van der Waals surface area (Å²) in [7, 11) is 1.33. The molecule has 0 amide bonds. The van der Waals surface area contributed by atoms with E-state index in [1.165, 1.54) is 7.11 Å². The van der Waals surface area contributed by atoms with Crippen LogP contribution in [0.25, 0.3) is 0 Å². The zero-order valence-electron chi connectivity index (χ0n) is 16.1. The number of ether oxygens (including phenoxy) is 4. The summed E-state index contributed by atoms with van der Waals surface area (Å²) < 4.78 is 20.3. The Bertz CT molecular complexity index is 300. The highest BCUT2D eigenvalue weighted by Crippen LogP contribution is 2.15. The Labute approximate surface area is 191 Å². The van der Waals surface area contributed by atoms with E-state index in [0.717, 1.165) is 0 Å². The molecule has 2 atom stereocenters. The molecule has 10 nitrogen and oxygen atoms in total. The lowest BCUT2D eigenvalue weighted by Crippen LogP contribution is -2.46. The van der Waals surface area contributed by atoms with Crippen LogP contribution in [0.4, 0.5) is 0 Å². The second-order valence-electron chi connectivity index (χ2n) is 5.59. The van der Waals surface area contributed by atoms with Crippen LogP contribution in [-0.4, -0.2) is 108 Å². The zero-order chi connectivity index (χ0) is 20.6. The van der Waals surface area contributed by atoms with Crippen LogP contribution in [0.15, 0.2) is 0 Å². The Morgan fingerprint density at radius 1 is 0.677 bits per heavy atom. The van der Waals surface area contributed by atoms with E-state index in [-0.39, 0.29) is 63.6 Å². The monoisotopic (exact) mass is 468 g/mol. The molecule has 0 aliphatic carbocycles. The third-order valence-corrected chi connectivity index (χ3v) is 3.45. The number of hydrogen-bond acceptors (Lipinski definition) is 10. The minimum Gasteiger partial charge on any atom is -0.394 e. The van der Waals surface area contributed by atoms with Gasteiger partial charge in [-0.3, -0.25) is 0 Å². The molecule has 0 saturated carbocycles. The van der Waals surface area contributed by atoms with Crippen LogP contribution in [0, 0.1) is 0 Å². The Morgan fingerprint density at radius 2 is 1.10 bits per heavy atom. The van der Waals surface area contributed by atoms with Crippen molar-refractivity contribution in [3.8, 4) is 0 Å². The third-order valence-electron chi connectivity index (χ3n) is 3.45. The number of methoxy groups -OCH3 is 1. The number of aliphatic hydroxyl groups is 6. The molecule has 0 aromatic carbocycles. The van der Waals surface area contributed by atoms with E-state index in [9.17, 15) is 0 Å². The maximum atomic E-state index is 8.94. The van der Waals surface area contributed by atoms with E-state index >= 15 is 0 Å². The van der Waals surface area contributed by atoms with E-state index in [4.69, 9.17) is 49.6 Å². The van der Waals surface area contributed by atoms with Gasteiger partial charge in [-0.25, -0.2) is 0 Å². The third kappa shape index (κ3) is 20.0. The molecule has 10 heteroatoms. The summed E-state index contributed by atoms with van der Waals surface area (Å²) in [6, 6.07) is 0. The van der Waals surface area contributed by atoms with Gasteiger partial charge >= 0.3 is 0 Å². The average molecular weight is 469 g/mol. The number of rotatable bonds is 14. The predicted octanol–water partition coefficient (Wildman–Crippen LogP) is 1.38. The SMILES string of the molecule is C.C.C.C.C.CCC(CO)OC(CO)(CO)OC.CCOC(C)(CO)OC(CO)CO. The maximum absolute atomic E-state index is 8.94. The molecule has 0 bridgehead atoms. The van der Waals surface area contributed by atoms with Gasteiger partial charge in [0, 0.05) is 13.7 Å². The molecule has 0 fully saturated rings. The standard InChI is InChI=1S/2C8H18O5.5CH4/c1-3-12-8(2,6-11)13-7(4-9)5-10;1-3-7(4-9)13-8(5-10,6-11)12-2;;;;;/h2*7,9-11H,3-6H2,1-2H3;5*1H4. The van der Waals surface area contributed by atoms with Crippen molar-refractivity contribution in [1.82, 2.24) is 0 Å². The summed E-state index contributed by atoms with van der Waals surface area (Å²) >= 11 is 0. The number of aliphatic hydroxyl groups excluding tert-OH is 6. The van der Waals surface area contributed by atoms with Crippen molar-refractivity contribution < 1.29 is 49.6 Å². The highest BCUT2D eigenvalue weighted by Gasteiger charge is 2.32. The molecule has 6 N–H and O–H groups in total. The van der Waals surface area contributed by atoms with E-state index in [2.05, 4.69) is 0 Å². The number of hydrogen-bond donors (Lipinski definition) is 6. The lowest BCUT2D eigenvalue weighted by atomic mass is 10.2. The predicted molar refractivity (Wildman–Crippen MR) is 126 cm³/mol. The van der Waals surface area contributed by atoms with Crippen molar-refractivity contribution in [1.29, 1.82) is 0 Å². The second kappa shape index (κ2) is 27.6. The summed E-state index contributed by atoms with van der Waals surface area (Å²) in [4.78, 5) is 0. The summed E-state index contributed by atoms with van der Waals surface area (Å²) in [5.74, 6) is -2.55. The molecule has 0 rings (SSSR count). The fraction of sp³-hybridized carbons (Fsp3) is 1.00. The molecule has 2 unspecified atom stereocenters. The fourth-order valence-corrected chi connectivity index (χ4v) is 1.76. The van der Waals surface area contributed by atoms with Crippen molar-refractivity contribution in [2.75, 3.05) is 53.4 Å². The summed E-state index contributed by atoms with van der Waals surface area (Å²) in [6.45, 7) is 3.54. The molecular weight excluding hydrogens is 412 g/mol. The van der Waals surface area contributed by atoms with Gasteiger partial charge in [0.1, 0.15) is 6.10 Å². The van der Waals surface area contributed by atoms with Crippen LogP contribution < -0.4 is 0 Å². The van der Waals surface area contributed by atoms with E-state index in [1.807, 2.05) is 6.92 Å². The largest absolute Gasteiger partial charge is 0.394 e. The molecule has 200 valence electrons. The van der Waals surface area contributed by atoms with E-state index in [1.54, 1.807) is 13.8 Å². The average Bonchev–Trinajstić information content (AvgIpc) is 2.68. The quantitative estimate of drug-likeness (QED) is 0.206. The van der Waals surface area contributed by atoms with Gasteiger partial charge in [-0.05, 0) is 20.3 Å². The highest BCUT2D eigenvalue weighted by molar-refractivity contribution is 4.69. The van der Waals surface area contributed by atoms with Gasteiger partial charge in [-0.2, -0.15) is 0 Å². The Kier molecular flexibility index (Phi) is 42.9. The van der Waals surface area contributed by atoms with Gasteiger partial charge in [0.05, 0.1) is 45.7 Å². The van der Waals surface area contributed by atoms with Crippen molar-refractivity contribution in [2.45, 2.75) is 88.1 Å². The first-order valence-corrected chi connectivity index (χ1v) is 8.49. The van der Waals surface area contributed by atoms with Gasteiger partial charge in [0.25, 0.3) is 0 Å². The van der Waals surface area contributed by atoms with E-state index in [0.29, 0.717) is 13.0 Å². The lowest BCUT2D eigenvalue weighted by Gasteiger charge is -2.31. The molecule has 0 saturated heterocycles. The fourth-order valence-electron chi connectivity index (χ4n) is 1.76. The van der Waals surface area contributed by atoms with Crippen LogP contribution in [0.5, 0.6) is 0 Å². The molecule has 0 radical (unpaired) electrons. The maximum Gasteiger partial charge on any atom is 0.215 e. The normalized spacial score (nSPS) is 12.9. The van der Waals surface area contributed by atoms with Crippen LogP contribution in [0.1, 0.15) is 64.3 Å². The minimum absolute atomic E-state index is 0. The Hall–Kier alpha value is -0.400. The van der Waals surface area contributed by atoms with E-state index < -0.39 is 37.0 Å². The zero-order valence-corrected chi connectivity index (χ0v) is 16.1. The molecule has 0 heterocycles. The second-order valence-corrected chi connectivity index (χ2v) is 5.59. The van der Waals surface area contributed by atoms with Gasteiger partial charge in [-0.15, -0.1) is 0 Å². The Balaban J connectivity index is -0.0000000640. The topological polar surface area (TPSA) is 158 Å².